The Morgan fingerprint density at radius 1 is 1.18 bits per heavy atom. The van der Waals surface area contributed by atoms with Gasteiger partial charge in [-0.1, -0.05) is 29.9 Å². The molecule has 1 aromatic carbocycles. The number of amides is 1. The highest BCUT2D eigenvalue weighted by molar-refractivity contribution is 5.93. The summed E-state index contributed by atoms with van der Waals surface area (Å²) in [6.45, 7) is 4.57. The van der Waals surface area contributed by atoms with Crippen LogP contribution in [-0.4, -0.2) is 58.9 Å². The Bertz CT molecular complexity index is 1330. The standard InChI is InChI=1S/C25H27N5O3/c1-17-6-5-7-20-18(14-17)19-15-26-30(25(32)24(19)27-20)16-23(31)29-12-10-28(11-13-29)21-8-3-4-9-22(21)33-2/h3-5,7-9,14-15,27H,6,10-13,16H2,1-2H3. The van der Waals surface area contributed by atoms with Crippen LogP contribution in [0.5, 0.6) is 5.75 Å². The summed E-state index contributed by atoms with van der Waals surface area (Å²) >= 11 is 0. The van der Waals surface area contributed by atoms with Crippen molar-refractivity contribution in [2.45, 2.75) is 19.9 Å². The van der Waals surface area contributed by atoms with E-state index in [9.17, 15) is 9.59 Å². The summed E-state index contributed by atoms with van der Waals surface area (Å²) in [5, 5.41) is 5.11. The molecule has 2 aromatic heterocycles. The van der Waals surface area contributed by atoms with Crippen LogP contribution in [0.25, 0.3) is 23.1 Å². The molecule has 1 amide bonds. The first kappa shape index (κ1) is 21.1. The number of allylic oxidation sites excluding steroid dienone is 2. The lowest BCUT2D eigenvalue weighted by Gasteiger charge is -2.36. The zero-order chi connectivity index (χ0) is 22.9. The maximum atomic E-state index is 13.1. The number of benzene rings is 1. The normalized spacial score (nSPS) is 15.9. The number of hydrogen-bond acceptors (Lipinski definition) is 5. The van der Waals surface area contributed by atoms with Crippen LogP contribution in [0.15, 0.2) is 46.9 Å². The average Bonchev–Trinajstić information content (AvgIpc) is 3.07. The van der Waals surface area contributed by atoms with Crippen LogP contribution in [0.4, 0.5) is 5.69 Å². The first-order chi connectivity index (χ1) is 16.0. The molecule has 1 saturated heterocycles. The van der Waals surface area contributed by atoms with Crippen LogP contribution in [0.3, 0.4) is 0 Å². The van der Waals surface area contributed by atoms with E-state index in [1.807, 2.05) is 30.3 Å². The van der Waals surface area contributed by atoms with Gasteiger partial charge in [0.25, 0.3) is 5.56 Å². The number of aromatic amines is 1. The lowest BCUT2D eigenvalue weighted by atomic mass is 10.1. The van der Waals surface area contributed by atoms with Crippen LogP contribution >= 0.6 is 0 Å². The van der Waals surface area contributed by atoms with Crippen molar-refractivity contribution >= 4 is 34.6 Å². The fourth-order valence-electron chi connectivity index (χ4n) is 4.54. The van der Waals surface area contributed by atoms with E-state index < -0.39 is 0 Å². The molecule has 2 aliphatic rings. The quantitative estimate of drug-likeness (QED) is 0.668. The van der Waals surface area contributed by atoms with Crippen LogP contribution in [0.2, 0.25) is 0 Å². The van der Waals surface area contributed by atoms with Crippen LogP contribution in [0, 0.1) is 0 Å². The number of carbonyl (C=O) groups excluding carboxylic acids is 1. The predicted octanol–water partition coefficient (Wildman–Crippen LogP) is 2.90. The number of para-hydroxylation sites is 2. The summed E-state index contributed by atoms with van der Waals surface area (Å²) in [5.41, 5.74) is 4.34. The minimum absolute atomic E-state index is 0.0716. The van der Waals surface area contributed by atoms with Crippen molar-refractivity contribution in [2.24, 2.45) is 0 Å². The maximum Gasteiger partial charge on any atom is 0.291 e. The van der Waals surface area contributed by atoms with Gasteiger partial charge in [0.05, 0.1) is 19.0 Å². The molecule has 8 heteroatoms. The summed E-state index contributed by atoms with van der Waals surface area (Å²) in [6, 6.07) is 7.89. The largest absolute Gasteiger partial charge is 0.495 e. The fourth-order valence-corrected chi connectivity index (χ4v) is 4.54. The van der Waals surface area contributed by atoms with Gasteiger partial charge in [-0.05, 0) is 31.6 Å². The number of piperazine rings is 1. The molecule has 0 radical (unpaired) electrons. The fraction of sp³-hybridized carbons (Fsp3) is 0.320. The Morgan fingerprint density at radius 3 is 2.76 bits per heavy atom. The Labute approximate surface area is 191 Å². The third-order valence-electron chi connectivity index (χ3n) is 6.34. The summed E-state index contributed by atoms with van der Waals surface area (Å²) in [6.07, 6.45) is 8.73. The third-order valence-corrected chi connectivity index (χ3v) is 6.34. The number of hydrogen-bond donors (Lipinski definition) is 1. The molecule has 1 aliphatic heterocycles. The highest BCUT2D eigenvalue weighted by Crippen LogP contribution is 2.29. The predicted molar refractivity (Wildman–Crippen MR) is 129 cm³/mol. The van der Waals surface area contributed by atoms with E-state index in [4.69, 9.17) is 4.74 Å². The molecule has 1 fully saturated rings. The molecule has 170 valence electrons. The molecular formula is C25H27N5O3. The molecule has 0 unspecified atom stereocenters. The summed E-state index contributed by atoms with van der Waals surface area (Å²) in [7, 11) is 1.66. The number of methoxy groups -OCH3 is 1. The zero-order valence-electron chi connectivity index (χ0n) is 18.9. The second kappa shape index (κ2) is 8.61. The van der Waals surface area contributed by atoms with Gasteiger partial charge in [-0.25, -0.2) is 4.68 Å². The molecule has 33 heavy (non-hydrogen) atoms. The number of H-pyrrole nitrogens is 1. The van der Waals surface area contributed by atoms with Crippen LogP contribution in [0.1, 0.15) is 24.6 Å². The maximum absolute atomic E-state index is 13.1. The van der Waals surface area contributed by atoms with Crippen molar-refractivity contribution in [1.82, 2.24) is 19.7 Å². The van der Waals surface area contributed by atoms with Gasteiger partial charge in [0.15, 0.2) is 0 Å². The Balaban J connectivity index is 1.31. The van der Waals surface area contributed by atoms with Crippen LogP contribution in [-0.2, 0) is 11.3 Å². The summed E-state index contributed by atoms with van der Waals surface area (Å²) in [5.74, 6) is 0.720. The van der Waals surface area contributed by atoms with Gasteiger partial charge in [0.1, 0.15) is 17.8 Å². The third kappa shape index (κ3) is 3.92. The monoisotopic (exact) mass is 445 g/mol. The van der Waals surface area contributed by atoms with Crippen molar-refractivity contribution in [1.29, 1.82) is 0 Å². The van der Waals surface area contributed by atoms with E-state index in [1.165, 1.54) is 10.3 Å². The number of rotatable bonds is 4. The number of carbonyl (C=O) groups is 1. The van der Waals surface area contributed by atoms with E-state index in [-0.39, 0.29) is 18.0 Å². The van der Waals surface area contributed by atoms with Gasteiger partial charge in [0.2, 0.25) is 5.91 Å². The molecule has 3 heterocycles. The average molecular weight is 446 g/mol. The molecule has 0 saturated carbocycles. The molecule has 5 rings (SSSR count). The highest BCUT2D eigenvalue weighted by atomic mass is 16.5. The van der Waals surface area contributed by atoms with Gasteiger partial charge in [-0.2, -0.15) is 5.10 Å². The van der Waals surface area contributed by atoms with Crippen molar-refractivity contribution < 1.29 is 9.53 Å². The number of aromatic nitrogens is 3. The molecule has 8 nitrogen and oxygen atoms in total. The highest BCUT2D eigenvalue weighted by Gasteiger charge is 2.24. The van der Waals surface area contributed by atoms with Gasteiger partial charge in [0, 0.05) is 42.8 Å². The van der Waals surface area contributed by atoms with Gasteiger partial charge in [-0.15, -0.1) is 0 Å². The van der Waals surface area contributed by atoms with E-state index in [0.29, 0.717) is 31.7 Å². The van der Waals surface area contributed by atoms with Crippen molar-refractivity contribution in [3.8, 4) is 5.75 Å². The molecule has 3 aromatic rings. The smallest absolute Gasteiger partial charge is 0.291 e. The SMILES string of the molecule is COc1ccccc1N1CCN(C(=O)Cn2ncc3c4c([nH]c3c2=O)C=CCC(C)=C4)CC1. The summed E-state index contributed by atoms with van der Waals surface area (Å²) < 4.78 is 6.72. The first-order valence-electron chi connectivity index (χ1n) is 11.2. The number of nitrogens with one attached hydrogen (secondary N) is 1. The number of ether oxygens (including phenoxy) is 1. The van der Waals surface area contributed by atoms with E-state index in [1.54, 1.807) is 18.2 Å². The second-order valence-corrected chi connectivity index (χ2v) is 8.49. The molecule has 1 aliphatic carbocycles. The molecular weight excluding hydrogens is 418 g/mol. The van der Waals surface area contributed by atoms with E-state index in [2.05, 4.69) is 34.1 Å². The molecule has 1 N–H and O–H groups in total. The number of fused-ring (bicyclic) bond motifs is 3. The van der Waals surface area contributed by atoms with Gasteiger partial charge in [-0.3, -0.25) is 9.59 Å². The zero-order valence-corrected chi connectivity index (χ0v) is 18.9. The molecule has 0 spiro atoms. The van der Waals surface area contributed by atoms with Gasteiger partial charge >= 0.3 is 0 Å². The lowest BCUT2D eigenvalue weighted by Crippen LogP contribution is -2.50. The Kier molecular flexibility index (Phi) is 5.50. The Hall–Kier alpha value is -3.81. The number of nitrogens with zero attached hydrogens (tertiary/aromatic N) is 4. The molecule has 0 bridgehead atoms. The van der Waals surface area contributed by atoms with Crippen molar-refractivity contribution in [3.05, 3.63) is 63.7 Å². The van der Waals surface area contributed by atoms with Gasteiger partial charge < -0.3 is 19.5 Å². The molecule has 0 atom stereocenters. The van der Waals surface area contributed by atoms with Crippen molar-refractivity contribution in [2.75, 3.05) is 38.2 Å². The minimum Gasteiger partial charge on any atom is -0.495 e. The topological polar surface area (TPSA) is 83.5 Å². The second-order valence-electron chi connectivity index (χ2n) is 8.49. The van der Waals surface area contributed by atoms with E-state index >= 15 is 0 Å². The van der Waals surface area contributed by atoms with Crippen LogP contribution < -0.4 is 15.2 Å². The van der Waals surface area contributed by atoms with E-state index in [0.717, 1.165) is 34.5 Å². The lowest BCUT2D eigenvalue weighted by molar-refractivity contribution is -0.132. The Morgan fingerprint density at radius 2 is 1.97 bits per heavy atom. The first-order valence-corrected chi connectivity index (χ1v) is 11.2. The number of anilines is 1. The summed E-state index contributed by atoms with van der Waals surface area (Å²) in [4.78, 5) is 33.3. The minimum atomic E-state index is -0.277. The van der Waals surface area contributed by atoms with Crippen molar-refractivity contribution in [3.63, 3.8) is 0 Å².